The molecule has 2 aromatic heterocycles. The van der Waals surface area contributed by atoms with Crippen LogP contribution in [0.4, 0.5) is 4.79 Å². The fourth-order valence-electron chi connectivity index (χ4n) is 4.43. The Morgan fingerprint density at radius 1 is 1.22 bits per heavy atom. The van der Waals surface area contributed by atoms with Gasteiger partial charge in [0.25, 0.3) is 11.8 Å². The number of hydrogen-bond acceptors (Lipinski definition) is 7. The molecule has 1 unspecified atom stereocenters. The molecule has 0 bridgehead atoms. The molecule has 5 rings (SSSR count). The van der Waals surface area contributed by atoms with Crippen LogP contribution in [0.5, 0.6) is 5.88 Å². The molecule has 1 saturated heterocycles. The van der Waals surface area contributed by atoms with Crippen LogP contribution in [0.15, 0.2) is 24.5 Å². The molecule has 0 aromatic carbocycles. The van der Waals surface area contributed by atoms with Crippen molar-refractivity contribution in [3.8, 4) is 5.88 Å². The number of hydrogen-bond donors (Lipinski definition) is 2. The smallest absolute Gasteiger partial charge is 0.325 e. The van der Waals surface area contributed by atoms with Gasteiger partial charge >= 0.3 is 6.03 Å². The fraction of sp³-hybridized carbons (Fsp3) is 0.500. The summed E-state index contributed by atoms with van der Waals surface area (Å²) >= 11 is 1.33. The zero-order valence-corrected chi connectivity index (χ0v) is 18.3. The summed E-state index contributed by atoms with van der Waals surface area (Å²) < 4.78 is 6.06. The number of thiazole rings is 1. The van der Waals surface area contributed by atoms with Crippen LogP contribution in [0.1, 0.15) is 64.7 Å². The summed E-state index contributed by atoms with van der Waals surface area (Å²) in [5.74, 6) is 0.0507. The van der Waals surface area contributed by atoms with Crippen molar-refractivity contribution < 1.29 is 19.1 Å². The van der Waals surface area contributed by atoms with Crippen molar-refractivity contribution in [2.24, 2.45) is 5.73 Å². The minimum Gasteiger partial charge on any atom is -0.473 e. The van der Waals surface area contributed by atoms with Crippen molar-refractivity contribution in [3.05, 3.63) is 40.0 Å². The Hall–Kier alpha value is -3.01. The molecular weight excluding hydrogens is 430 g/mol. The summed E-state index contributed by atoms with van der Waals surface area (Å²) in [5, 5.41) is 3.73. The van der Waals surface area contributed by atoms with Gasteiger partial charge in [0.15, 0.2) is 4.88 Å². The predicted molar refractivity (Wildman–Crippen MR) is 116 cm³/mol. The van der Waals surface area contributed by atoms with Gasteiger partial charge in [0.05, 0.1) is 0 Å². The Morgan fingerprint density at radius 3 is 2.66 bits per heavy atom. The monoisotopic (exact) mass is 455 g/mol. The molecule has 0 radical (unpaired) electrons. The van der Waals surface area contributed by atoms with Crippen LogP contribution in [0, 0.1) is 0 Å². The first kappa shape index (κ1) is 20.9. The number of nitrogens with zero attached hydrogens (tertiary/aromatic N) is 3. The van der Waals surface area contributed by atoms with E-state index in [9.17, 15) is 14.4 Å². The van der Waals surface area contributed by atoms with Crippen LogP contribution >= 0.6 is 11.3 Å². The first-order valence-corrected chi connectivity index (χ1v) is 11.8. The van der Waals surface area contributed by atoms with Gasteiger partial charge in [-0.15, -0.1) is 11.3 Å². The second-order valence-corrected chi connectivity index (χ2v) is 9.68. The van der Waals surface area contributed by atoms with E-state index < -0.39 is 11.9 Å². The fourth-order valence-corrected chi connectivity index (χ4v) is 5.45. The minimum atomic E-state index is -0.561. The van der Waals surface area contributed by atoms with Gasteiger partial charge in [-0.25, -0.2) is 9.78 Å². The molecular formula is C22H25N5O4S. The van der Waals surface area contributed by atoms with E-state index in [1.54, 1.807) is 12.4 Å². The number of pyridine rings is 1. The highest BCUT2D eigenvalue weighted by atomic mass is 32.1. The predicted octanol–water partition coefficient (Wildman–Crippen LogP) is 2.37. The van der Waals surface area contributed by atoms with E-state index in [0.717, 1.165) is 23.4 Å². The van der Waals surface area contributed by atoms with E-state index in [-0.39, 0.29) is 24.1 Å². The van der Waals surface area contributed by atoms with Gasteiger partial charge in [0.1, 0.15) is 17.2 Å². The molecule has 3 heterocycles. The van der Waals surface area contributed by atoms with Crippen molar-refractivity contribution in [1.29, 1.82) is 0 Å². The Bertz CT molecular complexity index is 1030. The average molecular weight is 456 g/mol. The Balaban J connectivity index is 1.19. The van der Waals surface area contributed by atoms with Crippen LogP contribution in [-0.4, -0.2) is 50.9 Å². The Kier molecular flexibility index (Phi) is 5.54. The topological polar surface area (TPSA) is 128 Å². The van der Waals surface area contributed by atoms with Crippen LogP contribution < -0.4 is 15.8 Å². The summed E-state index contributed by atoms with van der Waals surface area (Å²) in [6, 6.07) is 2.65. The van der Waals surface area contributed by atoms with Crippen molar-refractivity contribution in [1.82, 2.24) is 20.2 Å². The first-order chi connectivity index (χ1) is 15.5. The summed E-state index contributed by atoms with van der Waals surface area (Å²) in [7, 11) is 0. The SMILES string of the molecule is NC(=O)c1sc(C2CC2)nc1OC1CCC(N2C(=O)NC(Cc3cccnc3)C2=O)CC1. The molecule has 1 aliphatic heterocycles. The zero-order chi connectivity index (χ0) is 22.2. The second-order valence-electron chi connectivity index (χ2n) is 8.65. The van der Waals surface area contributed by atoms with Gasteiger partial charge in [-0.2, -0.15) is 0 Å². The van der Waals surface area contributed by atoms with Gasteiger partial charge in [-0.3, -0.25) is 19.5 Å². The third-order valence-corrected chi connectivity index (χ3v) is 7.48. The summed E-state index contributed by atoms with van der Waals surface area (Å²) in [5.41, 5.74) is 6.42. The quantitative estimate of drug-likeness (QED) is 0.617. The molecule has 1 atom stereocenters. The number of rotatable bonds is 7. The molecule has 3 N–H and O–H groups in total. The molecule has 3 fully saturated rings. The van der Waals surface area contributed by atoms with Crippen molar-refractivity contribution in [3.63, 3.8) is 0 Å². The number of aromatic nitrogens is 2. The number of amides is 4. The zero-order valence-electron chi connectivity index (χ0n) is 17.5. The lowest BCUT2D eigenvalue weighted by Gasteiger charge is -2.32. The van der Waals surface area contributed by atoms with Gasteiger partial charge in [0.2, 0.25) is 5.88 Å². The third-order valence-electron chi connectivity index (χ3n) is 6.26. The Morgan fingerprint density at radius 2 is 2.00 bits per heavy atom. The number of primary amides is 1. The normalized spacial score (nSPS) is 25.6. The highest BCUT2D eigenvalue weighted by Crippen LogP contribution is 2.44. The highest BCUT2D eigenvalue weighted by molar-refractivity contribution is 7.14. The van der Waals surface area contributed by atoms with E-state index >= 15 is 0 Å². The van der Waals surface area contributed by atoms with Gasteiger partial charge in [0, 0.05) is 30.8 Å². The molecule has 32 heavy (non-hydrogen) atoms. The largest absolute Gasteiger partial charge is 0.473 e. The van der Waals surface area contributed by atoms with Crippen molar-refractivity contribution >= 4 is 29.2 Å². The minimum absolute atomic E-state index is 0.120. The number of nitrogens with one attached hydrogen (secondary N) is 1. The maximum atomic E-state index is 12.9. The molecule has 2 aliphatic carbocycles. The number of urea groups is 1. The molecule has 168 valence electrons. The Labute approximate surface area is 189 Å². The standard InChI is InChI=1S/C22H25N5O4S/c23-18(28)17-19(26-20(32-17)13-3-4-13)31-15-7-5-14(6-8-15)27-21(29)16(25-22(27)30)10-12-2-1-9-24-11-12/h1-2,9,11,13-16H,3-8,10H2,(H2,23,28)(H,25,30). The molecule has 4 amide bonds. The maximum absolute atomic E-state index is 12.9. The van der Waals surface area contributed by atoms with E-state index in [1.165, 1.54) is 16.2 Å². The van der Waals surface area contributed by atoms with E-state index in [1.807, 2.05) is 12.1 Å². The average Bonchev–Trinajstić information content (AvgIpc) is 3.49. The summed E-state index contributed by atoms with van der Waals surface area (Å²) in [6.45, 7) is 0. The van der Waals surface area contributed by atoms with Crippen LogP contribution in [-0.2, 0) is 11.2 Å². The lowest BCUT2D eigenvalue weighted by molar-refractivity contribution is -0.129. The number of carbonyl (C=O) groups excluding carboxylic acids is 3. The number of nitrogens with two attached hydrogens (primary N) is 1. The van der Waals surface area contributed by atoms with E-state index in [2.05, 4.69) is 15.3 Å². The van der Waals surface area contributed by atoms with Crippen molar-refractivity contribution in [2.75, 3.05) is 0 Å². The van der Waals surface area contributed by atoms with E-state index in [0.29, 0.717) is 48.8 Å². The van der Waals surface area contributed by atoms with Crippen molar-refractivity contribution in [2.45, 2.75) is 69.1 Å². The molecule has 3 aliphatic rings. The highest BCUT2D eigenvalue weighted by Gasteiger charge is 2.43. The molecule has 10 heteroatoms. The first-order valence-electron chi connectivity index (χ1n) is 11.0. The van der Waals surface area contributed by atoms with Gasteiger partial charge in [-0.05, 0) is 50.2 Å². The van der Waals surface area contributed by atoms with Gasteiger partial charge < -0.3 is 15.8 Å². The lowest BCUT2D eigenvalue weighted by atomic mass is 9.91. The maximum Gasteiger partial charge on any atom is 0.325 e. The second kappa shape index (κ2) is 8.50. The summed E-state index contributed by atoms with van der Waals surface area (Å²) in [6.07, 6.45) is 8.50. The number of carbonyl (C=O) groups is 3. The number of ether oxygens (including phenoxy) is 1. The van der Waals surface area contributed by atoms with Crippen LogP contribution in [0.2, 0.25) is 0 Å². The van der Waals surface area contributed by atoms with E-state index in [4.69, 9.17) is 10.5 Å². The van der Waals surface area contributed by atoms with Crippen LogP contribution in [0.25, 0.3) is 0 Å². The lowest BCUT2D eigenvalue weighted by Crippen LogP contribution is -2.44. The van der Waals surface area contributed by atoms with Crippen LogP contribution in [0.3, 0.4) is 0 Å². The molecule has 0 spiro atoms. The molecule has 2 saturated carbocycles. The number of imide groups is 1. The van der Waals surface area contributed by atoms with Gasteiger partial charge in [-0.1, -0.05) is 6.07 Å². The molecule has 9 nitrogen and oxygen atoms in total. The summed E-state index contributed by atoms with van der Waals surface area (Å²) in [4.78, 5) is 47.6. The molecule has 2 aromatic rings. The third kappa shape index (κ3) is 4.19.